The molecule has 0 aliphatic carbocycles. The van der Waals surface area contributed by atoms with E-state index in [4.69, 9.17) is 0 Å². The Hall–Kier alpha value is -0.230. The van der Waals surface area contributed by atoms with Gasteiger partial charge in [-0.3, -0.25) is 0 Å². The minimum atomic E-state index is -4.39. The van der Waals surface area contributed by atoms with E-state index in [1.165, 1.54) is 0 Å². The molecule has 1 radical (unpaired) electrons. The predicted molar refractivity (Wildman–Crippen MR) is 25.3 cm³/mol. The molecule has 0 amide bonds. The monoisotopic (exact) mass is 159 g/mol. The Labute approximate surface area is 51.2 Å². The summed E-state index contributed by atoms with van der Waals surface area (Å²) < 4.78 is 42.5. The van der Waals surface area contributed by atoms with Crippen molar-refractivity contribution >= 4 is 9.84 Å². The molecule has 0 saturated heterocycles. The van der Waals surface area contributed by atoms with E-state index in [2.05, 4.69) is 0 Å². The highest BCUT2D eigenvalue weighted by molar-refractivity contribution is 7.91. The zero-order valence-corrected chi connectivity index (χ0v) is 5.20. The van der Waals surface area contributed by atoms with Gasteiger partial charge in [0, 0.05) is 0 Å². The first-order chi connectivity index (χ1) is 4.00. The highest BCUT2D eigenvalue weighted by atomic mass is 32.2. The van der Waals surface area contributed by atoms with Crippen molar-refractivity contribution in [2.75, 3.05) is 12.4 Å². The first-order valence-corrected chi connectivity index (χ1v) is 3.80. The van der Waals surface area contributed by atoms with Crippen LogP contribution in [0.15, 0.2) is 0 Å². The highest BCUT2D eigenvalue weighted by Gasteiger charge is 2.22. The lowest BCUT2D eigenvalue weighted by atomic mass is 10.9. The maximum absolute atomic E-state index is 11.3. The first kappa shape index (κ1) is 8.77. The van der Waals surface area contributed by atoms with Crippen molar-refractivity contribution < 1.29 is 22.3 Å². The summed E-state index contributed by atoms with van der Waals surface area (Å²) in [6, 6.07) is 0. The average molecular weight is 159 g/mol. The van der Waals surface area contributed by atoms with E-state index >= 15 is 0 Å². The van der Waals surface area contributed by atoms with Gasteiger partial charge < -0.3 is 0 Å². The topological polar surface area (TPSA) is 54.0 Å². The van der Waals surface area contributed by atoms with Gasteiger partial charge in [0.05, 0.1) is 12.4 Å². The minimum Gasteiger partial charge on any atom is -0.236 e. The van der Waals surface area contributed by atoms with Crippen molar-refractivity contribution in [2.24, 2.45) is 0 Å². The Morgan fingerprint density at radius 3 is 1.89 bits per heavy atom. The van der Waals surface area contributed by atoms with Crippen LogP contribution in [0.4, 0.5) is 8.78 Å². The molecule has 0 N–H and O–H groups in total. The maximum atomic E-state index is 11.3. The van der Waals surface area contributed by atoms with Crippen LogP contribution in [-0.2, 0) is 14.9 Å². The van der Waals surface area contributed by atoms with Gasteiger partial charge >= 0.3 is 5.76 Å². The molecule has 9 heavy (non-hydrogen) atoms. The molecule has 0 rings (SSSR count). The Morgan fingerprint density at radius 1 is 1.33 bits per heavy atom. The zero-order valence-electron chi connectivity index (χ0n) is 4.38. The van der Waals surface area contributed by atoms with Crippen LogP contribution in [0.25, 0.3) is 0 Å². The second-order valence-corrected chi connectivity index (χ2v) is 3.42. The molecule has 0 atom stereocenters. The molecule has 0 aliphatic rings. The largest absolute Gasteiger partial charge is 0.336 e. The van der Waals surface area contributed by atoms with Crippen LogP contribution in [0.3, 0.4) is 0 Å². The summed E-state index contributed by atoms with van der Waals surface area (Å²) in [5.74, 6) is -4.39. The minimum absolute atomic E-state index is 0.981. The molecule has 0 aromatic rings. The first-order valence-electron chi connectivity index (χ1n) is 2.08. The van der Waals surface area contributed by atoms with Crippen molar-refractivity contribution in [3.8, 4) is 0 Å². The summed E-state index contributed by atoms with van der Waals surface area (Å²) >= 11 is 0. The molecule has 0 spiro atoms. The third-order valence-corrected chi connectivity index (χ3v) is 1.92. The lowest BCUT2D eigenvalue weighted by Gasteiger charge is -1.96. The average Bonchev–Trinajstić information content (AvgIpc) is 1.65. The van der Waals surface area contributed by atoms with Crippen LogP contribution in [0.1, 0.15) is 0 Å². The fourth-order valence-corrected chi connectivity index (χ4v) is 0.616. The second kappa shape index (κ2) is 3.07. The van der Waals surface area contributed by atoms with Gasteiger partial charge in [-0.2, -0.15) is 8.78 Å². The van der Waals surface area contributed by atoms with Crippen molar-refractivity contribution in [3.63, 3.8) is 0 Å². The molecule has 0 bridgehead atoms. The van der Waals surface area contributed by atoms with Gasteiger partial charge in [0.25, 0.3) is 0 Å². The van der Waals surface area contributed by atoms with E-state index in [1.54, 1.807) is 0 Å². The summed E-state index contributed by atoms with van der Waals surface area (Å²) in [7, 11) is -4.39. The van der Waals surface area contributed by atoms with Crippen molar-refractivity contribution in [3.05, 3.63) is 0 Å². The van der Waals surface area contributed by atoms with Crippen molar-refractivity contribution in [1.29, 1.82) is 0 Å². The van der Waals surface area contributed by atoms with Gasteiger partial charge in [0.1, 0.15) is 0 Å². The van der Waals surface area contributed by atoms with E-state index in [0.717, 1.165) is 0 Å². The number of hydrogen-bond acceptors (Lipinski definition) is 2. The van der Waals surface area contributed by atoms with E-state index in [9.17, 15) is 22.3 Å². The van der Waals surface area contributed by atoms with E-state index in [1.807, 2.05) is 0 Å². The van der Waals surface area contributed by atoms with Crippen molar-refractivity contribution in [1.82, 2.24) is 0 Å². The number of rotatable bonds is 3. The SMILES string of the molecule is [O]CCS(=O)(=O)C(F)F. The van der Waals surface area contributed by atoms with Crippen LogP contribution in [0.5, 0.6) is 0 Å². The number of alkyl halides is 2. The smallest absolute Gasteiger partial charge is 0.236 e. The Kier molecular flexibility index (Phi) is 2.99. The van der Waals surface area contributed by atoms with Gasteiger partial charge in [0.15, 0.2) is 0 Å². The molecule has 0 unspecified atom stereocenters. The molecular formula is C3H5F2O3S. The lowest BCUT2D eigenvalue weighted by Crippen LogP contribution is -2.17. The standard InChI is InChI=1S/C3H5F2O3S/c4-3(5)9(7,8)2-1-6/h3H,1-2H2. The summed E-state index contributed by atoms with van der Waals surface area (Å²) in [5, 5.41) is 9.54. The number of hydrogen-bond donors (Lipinski definition) is 0. The molecule has 0 aromatic heterocycles. The van der Waals surface area contributed by atoms with Gasteiger partial charge in [-0.25, -0.2) is 13.5 Å². The molecular weight excluding hydrogens is 154 g/mol. The summed E-state index contributed by atoms with van der Waals surface area (Å²) in [6.07, 6.45) is 0. The summed E-state index contributed by atoms with van der Waals surface area (Å²) in [4.78, 5) is 0. The van der Waals surface area contributed by atoms with E-state index in [0.29, 0.717) is 0 Å². The van der Waals surface area contributed by atoms with Crippen LogP contribution in [0.2, 0.25) is 0 Å². The third-order valence-electron chi connectivity index (χ3n) is 0.639. The Bertz CT molecular complexity index is 162. The lowest BCUT2D eigenvalue weighted by molar-refractivity contribution is 0.204. The molecule has 0 aliphatic heterocycles. The fourth-order valence-electron chi connectivity index (χ4n) is 0.205. The highest BCUT2D eigenvalue weighted by Crippen LogP contribution is 2.03. The van der Waals surface area contributed by atoms with Crippen LogP contribution in [0, 0.1) is 0 Å². The van der Waals surface area contributed by atoms with Crippen LogP contribution >= 0.6 is 0 Å². The fraction of sp³-hybridized carbons (Fsp3) is 1.00. The van der Waals surface area contributed by atoms with Gasteiger partial charge in [-0.15, -0.1) is 0 Å². The number of halogens is 2. The second-order valence-electron chi connectivity index (χ2n) is 1.33. The van der Waals surface area contributed by atoms with Gasteiger partial charge in [0.2, 0.25) is 9.84 Å². The van der Waals surface area contributed by atoms with E-state index < -0.39 is 28.0 Å². The molecule has 6 heteroatoms. The van der Waals surface area contributed by atoms with Gasteiger partial charge in [-0.1, -0.05) is 0 Å². The molecule has 0 fully saturated rings. The number of sulfone groups is 1. The zero-order chi connectivity index (χ0) is 7.49. The summed E-state index contributed by atoms with van der Waals surface area (Å²) in [6.45, 7) is -1.01. The van der Waals surface area contributed by atoms with Crippen LogP contribution in [-0.4, -0.2) is 26.5 Å². The molecule has 0 saturated carbocycles. The molecule has 0 aromatic carbocycles. The van der Waals surface area contributed by atoms with Gasteiger partial charge in [-0.05, 0) is 0 Å². The maximum Gasteiger partial charge on any atom is 0.336 e. The third kappa shape index (κ3) is 2.71. The predicted octanol–water partition coefficient (Wildman–Crippen LogP) is 0.0543. The Morgan fingerprint density at radius 2 is 1.78 bits per heavy atom. The normalized spacial score (nSPS) is 12.4. The summed E-state index contributed by atoms with van der Waals surface area (Å²) in [5.41, 5.74) is 0. The Balaban J connectivity index is 4.05. The van der Waals surface area contributed by atoms with Crippen molar-refractivity contribution in [2.45, 2.75) is 5.76 Å². The van der Waals surface area contributed by atoms with Crippen LogP contribution < -0.4 is 0 Å². The quantitative estimate of drug-likeness (QED) is 0.584. The molecule has 55 valence electrons. The molecule has 3 nitrogen and oxygen atoms in total. The molecule has 0 heterocycles. The van der Waals surface area contributed by atoms with E-state index in [-0.39, 0.29) is 0 Å².